The molecule has 1 aliphatic rings. The summed E-state index contributed by atoms with van der Waals surface area (Å²) < 4.78 is 0. The van der Waals surface area contributed by atoms with E-state index in [4.69, 9.17) is 11.6 Å². The van der Waals surface area contributed by atoms with Gasteiger partial charge < -0.3 is 5.32 Å². The average Bonchev–Trinajstić information content (AvgIpc) is 2.74. The van der Waals surface area contributed by atoms with Crippen LogP contribution in [0.2, 0.25) is 0 Å². The van der Waals surface area contributed by atoms with Crippen LogP contribution < -0.4 is 5.32 Å². The van der Waals surface area contributed by atoms with Crippen LogP contribution in [0.25, 0.3) is 0 Å². The minimum atomic E-state index is 0.0167. The van der Waals surface area contributed by atoms with Gasteiger partial charge >= 0.3 is 0 Å². The van der Waals surface area contributed by atoms with Crippen molar-refractivity contribution in [3.63, 3.8) is 0 Å². The lowest BCUT2D eigenvalue weighted by atomic mass is 10.3. The predicted molar refractivity (Wildman–Crippen MR) is 62.7 cm³/mol. The summed E-state index contributed by atoms with van der Waals surface area (Å²) in [7, 11) is 0. The van der Waals surface area contributed by atoms with Crippen molar-refractivity contribution < 1.29 is 4.79 Å². The number of thiazole rings is 1. The number of aryl methyl sites for hydroxylation is 2. The van der Waals surface area contributed by atoms with E-state index in [2.05, 4.69) is 10.3 Å². The molecule has 0 unspecified atom stereocenters. The van der Waals surface area contributed by atoms with Crippen LogP contribution >= 0.6 is 22.9 Å². The van der Waals surface area contributed by atoms with E-state index in [0.29, 0.717) is 12.3 Å². The fourth-order valence-electron chi connectivity index (χ4n) is 1.65. The summed E-state index contributed by atoms with van der Waals surface area (Å²) in [6, 6.07) is 0. The number of hydrogen-bond acceptors (Lipinski definition) is 3. The molecule has 0 saturated carbocycles. The van der Waals surface area contributed by atoms with Gasteiger partial charge in [-0.1, -0.05) is 0 Å². The Labute approximate surface area is 97.9 Å². The van der Waals surface area contributed by atoms with Gasteiger partial charge in [0.25, 0.3) is 0 Å². The highest BCUT2D eigenvalue weighted by Gasteiger charge is 2.17. The third-order valence-corrected chi connectivity index (χ3v) is 3.72. The van der Waals surface area contributed by atoms with Crippen molar-refractivity contribution in [3.8, 4) is 0 Å². The van der Waals surface area contributed by atoms with Gasteiger partial charge in [0.2, 0.25) is 5.91 Å². The summed E-state index contributed by atoms with van der Waals surface area (Å²) in [5.41, 5.74) is 1.17. The third-order valence-electron chi connectivity index (χ3n) is 2.38. The van der Waals surface area contributed by atoms with E-state index < -0.39 is 0 Å². The van der Waals surface area contributed by atoms with Crippen molar-refractivity contribution in [2.45, 2.75) is 32.1 Å². The first-order valence-electron chi connectivity index (χ1n) is 5.14. The second-order valence-electron chi connectivity index (χ2n) is 3.58. The van der Waals surface area contributed by atoms with Crippen LogP contribution in [0.5, 0.6) is 0 Å². The van der Waals surface area contributed by atoms with Gasteiger partial charge in [-0.25, -0.2) is 4.98 Å². The summed E-state index contributed by atoms with van der Waals surface area (Å²) in [6.45, 7) is 0. The number of rotatable bonds is 4. The van der Waals surface area contributed by atoms with Gasteiger partial charge in [0.1, 0.15) is 0 Å². The molecule has 1 N–H and O–H groups in total. The lowest BCUT2D eigenvalue weighted by Crippen LogP contribution is -2.11. The Kier molecular flexibility index (Phi) is 3.59. The summed E-state index contributed by atoms with van der Waals surface area (Å²) >= 11 is 7.12. The molecule has 2 rings (SSSR count). The molecule has 0 spiro atoms. The maximum Gasteiger partial charge on any atom is 0.226 e. The van der Waals surface area contributed by atoms with E-state index in [0.717, 1.165) is 24.4 Å². The molecular weight excluding hydrogens is 232 g/mol. The molecule has 1 aromatic heterocycles. The highest BCUT2D eigenvalue weighted by atomic mass is 35.5. The highest BCUT2D eigenvalue weighted by molar-refractivity contribution is 7.15. The Morgan fingerprint density at radius 1 is 1.53 bits per heavy atom. The Morgan fingerprint density at radius 2 is 2.40 bits per heavy atom. The van der Waals surface area contributed by atoms with E-state index >= 15 is 0 Å². The molecule has 0 radical (unpaired) electrons. The fraction of sp³-hybridized carbons (Fsp3) is 0.600. The van der Waals surface area contributed by atoms with Crippen LogP contribution in [-0.2, 0) is 17.6 Å². The lowest BCUT2D eigenvalue weighted by molar-refractivity contribution is -0.116. The van der Waals surface area contributed by atoms with E-state index in [1.165, 1.54) is 17.0 Å². The second-order valence-corrected chi connectivity index (χ2v) is 5.04. The number of fused-ring (bicyclic) bond motifs is 1. The van der Waals surface area contributed by atoms with Gasteiger partial charge in [-0.15, -0.1) is 22.9 Å². The van der Waals surface area contributed by atoms with Crippen molar-refractivity contribution in [1.82, 2.24) is 4.98 Å². The lowest BCUT2D eigenvalue weighted by Gasteiger charge is -1.99. The van der Waals surface area contributed by atoms with E-state index in [1.54, 1.807) is 11.3 Å². The summed E-state index contributed by atoms with van der Waals surface area (Å²) in [5.74, 6) is 0.546. The van der Waals surface area contributed by atoms with E-state index in [9.17, 15) is 4.79 Å². The molecule has 0 aliphatic heterocycles. The molecule has 0 fully saturated rings. The highest BCUT2D eigenvalue weighted by Crippen LogP contribution is 2.30. The molecule has 3 nitrogen and oxygen atoms in total. The predicted octanol–water partition coefficient (Wildman–Crippen LogP) is 2.59. The van der Waals surface area contributed by atoms with Crippen molar-refractivity contribution in [1.29, 1.82) is 0 Å². The van der Waals surface area contributed by atoms with Crippen LogP contribution in [-0.4, -0.2) is 16.8 Å². The summed E-state index contributed by atoms with van der Waals surface area (Å²) in [6.07, 6.45) is 4.58. The van der Waals surface area contributed by atoms with Gasteiger partial charge in [-0.05, 0) is 25.7 Å². The molecule has 0 atom stereocenters. The number of amides is 1. The first-order valence-corrected chi connectivity index (χ1v) is 6.49. The SMILES string of the molecule is O=C(CCCCl)Nc1nc2c(s1)CCC2. The molecule has 1 aromatic rings. The number of carbonyl (C=O) groups excluding carboxylic acids is 1. The van der Waals surface area contributed by atoms with Gasteiger partial charge in [-0.3, -0.25) is 4.79 Å². The first-order chi connectivity index (χ1) is 7.29. The zero-order valence-electron chi connectivity index (χ0n) is 8.38. The Bertz CT molecular complexity index is 343. The smallest absolute Gasteiger partial charge is 0.226 e. The molecular formula is C10H13ClN2OS. The monoisotopic (exact) mass is 244 g/mol. The number of alkyl halides is 1. The minimum absolute atomic E-state index is 0.0167. The van der Waals surface area contributed by atoms with Gasteiger partial charge in [0.05, 0.1) is 5.69 Å². The largest absolute Gasteiger partial charge is 0.302 e. The van der Waals surface area contributed by atoms with E-state index in [-0.39, 0.29) is 5.91 Å². The van der Waals surface area contributed by atoms with Crippen molar-refractivity contribution >= 4 is 34.0 Å². The molecule has 82 valence electrons. The number of halogens is 1. The third kappa shape index (κ3) is 2.69. The maximum atomic E-state index is 11.4. The normalized spacial score (nSPS) is 13.9. The van der Waals surface area contributed by atoms with Crippen LogP contribution in [0.15, 0.2) is 0 Å². The second kappa shape index (κ2) is 4.94. The topological polar surface area (TPSA) is 42.0 Å². The molecule has 1 amide bonds. The van der Waals surface area contributed by atoms with Crippen LogP contribution in [0.1, 0.15) is 29.8 Å². The number of anilines is 1. The number of aromatic nitrogens is 1. The van der Waals surface area contributed by atoms with E-state index in [1.807, 2.05) is 0 Å². The first kappa shape index (κ1) is 10.9. The summed E-state index contributed by atoms with van der Waals surface area (Å²) in [5, 5.41) is 3.57. The number of hydrogen-bond donors (Lipinski definition) is 1. The minimum Gasteiger partial charge on any atom is -0.302 e. The molecule has 0 saturated heterocycles. The van der Waals surface area contributed by atoms with Crippen molar-refractivity contribution in [2.75, 3.05) is 11.2 Å². The summed E-state index contributed by atoms with van der Waals surface area (Å²) in [4.78, 5) is 17.1. The number of nitrogens with one attached hydrogen (secondary N) is 1. The molecule has 5 heteroatoms. The van der Waals surface area contributed by atoms with Crippen LogP contribution in [0.4, 0.5) is 5.13 Å². The van der Waals surface area contributed by atoms with Crippen LogP contribution in [0, 0.1) is 0 Å². The zero-order chi connectivity index (χ0) is 10.7. The standard InChI is InChI=1S/C10H13ClN2OS/c11-6-2-5-9(14)13-10-12-7-3-1-4-8(7)15-10/h1-6H2,(H,12,13,14). The zero-order valence-corrected chi connectivity index (χ0v) is 9.96. The van der Waals surface area contributed by atoms with Crippen LogP contribution in [0.3, 0.4) is 0 Å². The van der Waals surface area contributed by atoms with Crippen molar-refractivity contribution in [3.05, 3.63) is 10.6 Å². The molecule has 1 aliphatic carbocycles. The fourth-order valence-corrected chi connectivity index (χ4v) is 2.85. The Balaban J connectivity index is 1.90. The van der Waals surface area contributed by atoms with Crippen molar-refractivity contribution in [2.24, 2.45) is 0 Å². The molecule has 0 bridgehead atoms. The number of carbonyl (C=O) groups is 1. The molecule has 0 aromatic carbocycles. The average molecular weight is 245 g/mol. The van der Waals surface area contributed by atoms with Gasteiger partial charge in [0.15, 0.2) is 5.13 Å². The Hall–Kier alpha value is -0.610. The van der Waals surface area contributed by atoms with Gasteiger partial charge in [0, 0.05) is 17.2 Å². The van der Waals surface area contributed by atoms with Gasteiger partial charge in [-0.2, -0.15) is 0 Å². The molecule has 1 heterocycles. The maximum absolute atomic E-state index is 11.4. The molecule has 15 heavy (non-hydrogen) atoms. The Morgan fingerprint density at radius 3 is 3.13 bits per heavy atom. The number of nitrogens with zero attached hydrogens (tertiary/aromatic N) is 1. The quantitative estimate of drug-likeness (QED) is 0.828.